The summed E-state index contributed by atoms with van der Waals surface area (Å²) >= 11 is 0. The smallest absolute Gasteiger partial charge is 0.327 e. The van der Waals surface area contributed by atoms with Crippen LogP contribution in [0.5, 0.6) is 0 Å². The quantitative estimate of drug-likeness (QED) is 0.550. The summed E-state index contributed by atoms with van der Waals surface area (Å²) in [6.07, 6.45) is 2.16. The van der Waals surface area contributed by atoms with E-state index in [2.05, 4.69) is 4.84 Å². The zero-order valence-corrected chi connectivity index (χ0v) is 6.21. The maximum Gasteiger partial charge on any atom is 0.327 e. The topological polar surface area (TPSA) is 69.4 Å². The van der Waals surface area contributed by atoms with E-state index < -0.39 is 5.97 Å². The van der Waals surface area contributed by atoms with Crippen LogP contribution in [0.15, 0.2) is 0 Å². The Morgan fingerprint density at radius 1 is 1.45 bits per heavy atom. The molecule has 62 valence electrons. The number of hydrogen-bond donors (Lipinski definition) is 1. The lowest BCUT2D eigenvalue weighted by molar-refractivity contribution is -0.150. The van der Waals surface area contributed by atoms with Crippen molar-refractivity contribution in [2.45, 2.75) is 25.7 Å². The first-order chi connectivity index (χ1) is 5.24. The van der Waals surface area contributed by atoms with E-state index in [0.29, 0.717) is 25.7 Å². The van der Waals surface area contributed by atoms with E-state index in [4.69, 9.17) is 5.90 Å². The van der Waals surface area contributed by atoms with Gasteiger partial charge in [0.2, 0.25) is 0 Å². The molecule has 1 aliphatic carbocycles. The van der Waals surface area contributed by atoms with Crippen molar-refractivity contribution in [1.29, 1.82) is 0 Å². The standard InChI is InChI=1S/C7H11NO3/c8-11-7(10)5-1-3-6(9)4-2-5/h5H,1-4,8H2. The van der Waals surface area contributed by atoms with Gasteiger partial charge in [0.15, 0.2) is 0 Å². The van der Waals surface area contributed by atoms with Gasteiger partial charge in [0.25, 0.3) is 0 Å². The summed E-state index contributed by atoms with van der Waals surface area (Å²) in [4.78, 5) is 25.6. The molecule has 0 atom stereocenters. The summed E-state index contributed by atoms with van der Waals surface area (Å²) in [5.74, 6) is 4.38. The third kappa shape index (κ3) is 2.01. The first kappa shape index (κ1) is 8.20. The van der Waals surface area contributed by atoms with Crippen molar-refractivity contribution in [3.63, 3.8) is 0 Å². The fraction of sp³-hybridized carbons (Fsp3) is 0.714. The van der Waals surface area contributed by atoms with Gasteiger partial charge >= 0.3 is 5.97 Å². The lowest BCUT2D eigenvalue weighted by atomic mass is 9.89. The highest BCUT2D eigenvalue weighted by Crippen LogP contribution is 2.21. The van der Waals surface area contributed by atoms with Crippen molar-refractivity contribution in [2.24, 2.45) is 11.8 Å². The molecule has 0 bridgehead atoms. The van der Waals surface area contributed by atoms with Crippen LogP contribution in [0.4, 0.5) is 0 Å². The predicted molar refractivity (Wildman–Crippen MR) is 37.2 cm³/mol. The zero-order chi connectivity index (χ0) is 8.27. The maximum atomic E-state index is 10.8. The summed E-state index contributed by atoms with van der Waals surface area (Å²) in [7, 11) is 0. The molecule has 0 aromatic heterocycles. The van der Waals surface area contributed by atoms with Gasteiger partial charge in [-0.05, 0) is 12.8 Å². The van der Waals surface area contributed by atoms with Crippen LogP contribution in [0.3, 0.4) is 0 Å². The van der Waals surface area contributed by atoms with E-state index in [9.17, 15) is 9.59 Å². The fourth-order valence-electron chi connectivity index (χ4n) is 1.27. The number of carbonyl (C=O) groups is 2. The first-order valence-electron chi connectivity index (χ1n) is 3.66. The molecule has 4 nitrogen and oxygen atoms in total. The van der Waals surface area contributed by atoms with E-state index >= 15 is 0 Å². The van der Waals surface area contributed by atoms with E-state index in [0.717, 1.165) is 0 Å². The second-order valence-corrected chi connectivity index (χ2v) is 2.75. The molecule has 1 fully saturated rings. The molecule has 0 radical (unpaired) electrons. The highest BCUT2D eigenvalue weighted by Gasteiger charge is 2.25. The monoisotopic (exact) mass is 157 g/mol. The van der Waals surface area contributed by atoms with Crippen LogP contribution < -0.4 is 5.90 Å². The SMILES string of the molecule is NOC(=O)C1CCC(=O)CC1. The Labute approximate surface area is 64.7 Å². The van der Waals surface area contributed by atoms with Gasteiger partial charge in [-0.25, -0.2) is 0 Å². The normalized spacial score (nSPS) is 19.9. The van der Waals surface area contributed by atoms with Gasteiger partial charge in [0, 0.05) is 12.8 Å². The van der Waals surface area contributed by atoms with Crippen molar-refractivity contribution >= 4 is 11.8 Å². The molecular weight excluding hydrogens is 146 g/mol. The number of hydrogen-bond acceptors (Lipinski definition) is 4. The predicted octanol–water partition coefficient (Wildman–Crippen LogP) is 0.163. The van der Waals surface area contributed by atoms with E-state index in [1.165, 1.54) is 0 Å². The Bertz CT molecular complexity index is 169. The maximum absolute atomic E-state index is 10.8. The Balaban J connectivity index is 2.39. The van der Waals surface area contributed by atoms with E-state index in [1.807, 2.05) is 0 Å². The molecule has 0 heterocycles. The Morgan fingerprint density at radius 3 is 2.45 bits per heavy atom. The van der Waals surface area contributed by atoms with Gasteiger partial charge < -0.3 is 4.84 Å². The Morgan fingerprint density at radius 2 is 2.00 bits per heavy atom. The van der Waals surface area contributed by atoms with Gasteiger partial charge in [0.05, 0.1) is 5.92 Å². The fourth-order valence-corrected chi connectivity index (χ4v) is 1.27. The van der Waals surface area contributed by atoms with Crippen LogP contribution in [0, 0.1) is 5.92 Å². The third-order valence-electron chi connectivity index (χ3n) is 1.99. The highest BCUT2D eigenvalue weighted by molar-refractivity contribution is 5.82. The molecule has 0 spiro atoms. The molecule has 2 N–H and O–H groups in total. The van der Waals surface area contributed by atoms with Crippen LogP contribution >= 0.6 is 0 Å². The summed E-state index contributed by atoms with van der Waals surface area (Å²) in [5.41, 5.74) is 0. The van der Waals surface area contributed by atoms with E-state index in [-0.39, 0.29) is 11.7 Å². The van der Waals surface area contributed by atoms with Crippen LogP contribution in [0.2, 0.25) is 0 Å². The summed E-state index contributed by atoms with van der Waals surface area (Å²) < 4.78 is 0. The average molecular weight is 157 g/mol. The molecule has 1 saturated carbocycles. The number of nitrogens with two attached hydrogens (primary N) is 1. The minimum atomic E-state index is -0.391. The summed E-state index contributed by atoms with van der Waals surface area (Å²) in [5, 5.41) is 0. The van der Waals surface area contributed by atoms with Crippen molar-refractivity contribution in [1.82, 2.24) is 0 Å². The van der Waals surface area contributed by atoms with Crippen LogP contribution in [0.25, 0.3) is 0 Å². The van der Waals surface area contributed by atoms with Crippen LogP contribution in [-0.4, -0.2) is 11.8 Å². The van der Waals surface area contributed by atoms with Gasteiger partial charge in [-0.3, -0.25) is 9.59 Å². The van der Waals surface area contributed by atoms with Crippen LogP contribution in [-0.2, 0) is 14.4 Å². The van der Waals surface area contributed by atoms with E-state index in [1.54, 1.807) is 0 Å². The molecule has 1 rings (SSSR count). The highest BCUT2D eigenvalue weighted by atomic mass is 16.7. The molecule has 0 aromatic rings. The van der Waals surface area contributed by atoms with Gasteiger partial charge in [-0.1, -0.05) is 0 Å². The third-order valence-corrected chi connectivity index (χ3v) is 1.99. The number of ketones is 1. The first-order valence-corrected chi connectivity index (χ1v) is 3.66. The molecule has 4 heteroatoms. The van der Waals surface area contributed by atoms with Gasteiger partial charge in [-0.15, -0.1) is 0 Å². The minimum Gasteiger partial charge on any atom is -0.373 e. The zero-order valence-electron chi connectivity index (χ0n) is 6.21. The van der Waals surface area contributed by atoms with Gasteiger partial charge in [0.1, 0.15) is 5.78 Å². The lowest BCUT2D eigenvalue weighted by Crippen LogP contribution is -2.25. The average Bonchev–Trinajstić information content (AvgIpc) is 2.05. The molecular formula is C7H11NO3. The molecule has 1 aliphatic rings. The second-order valence-electron chi connectivity index (χ2n) is 2.75. The lowest BCUT2D eigenvalue weighted by Gasteiger charge is -2.17. The summed E-state index contributed by atoms with van der Waals surface area (Å²) in [6, 6.07) is 0. The molecule has 0 unspecified atom stereocenters. The molecule has 0 aliphatic heterocycles. The van der Waals surface area contributed by atoms with Crippen molar-refractivity contribution in [2.75, 3.05) is 0 Å². The molecule has 0 saturated heterocycles. The van der Waals surface area contributed by atoms with Crippen molar-refractivity contribution in [3.05, 3.63) is 0 Å². The molecule has 0 amide bonds. The van der Waals surface area contributed by atoms with Crippen molar-refractivity contribution < 1.29 is 14.4 Å². The number of carbonyl (C=O) groups excluding carboxylic acids is 2. The van der Waals surface area contributed by atoms with Gasteiger partial charge in [-0.2, -0.15) is 5.90 Å². The summed E-state index contributed by atoms with van der Waals surface area (Å²) in [6.45, 7) is 0. The minimum absolute atomic E-state index is 0.155. The van der Waals surface area contributed by atoms with Crippen LogP contribution in [0.1, 0.15) is 25.7 Å². The molecule has 0 aromatic carbocycles. The Hall–Kier alpha value is -0.900. The molecule has 11 heavy (non-hydrogen) atoms. The number of rotatable bonds is 1. The number of Topliss-reactive ketones (excluding diaryl/α,β-unsaturated/α-hetero) is 1. The largest absolute Gasteiger partial charge is 0.373 e. The van der Waals surface area contributed by atoms with Crippen molar-refractivity contribution in [3.8, 4) is 0 Å². The second kappa shape index (κ2) is 3.48. The Kier molecular flexibility index (Phi) is 2.59.